The lowest BCUT2D eigenvalue weighted by Gasteiger charge is -2.24. The molecule has 4 aromatic rings. The van der Waals surface area contributed by atoms with E-state index in [1.165, 1.54) is 4.88 Å². The van der Waals surface area contributed by atoms with Gasteiger partial charge in [-0.25, -0.2) is 5.84 Å². The molecule has 0 amide bonds. The van der Waals surface area contributed by atoms with Crippen LogP contribution >= 0.6 is 11.3 Å². The third-order valence-corrected chi connectivity index (χ3v) is 5.10. The Morgan fingerprint density at radius 3 is 1.88 bits per heavy atom. The number of benzene rings is 3. The molecule has 3 aromatic carbocycles. The van der Waals surface area contributed by atoms with E-state index in [2.05, 4.69) is 60.0 Å². The minimum atomic E-state index is 0.984. The molecule has 0 aliphatic heterocycles. The third-order valence-electron chi connectivity index (χ3n) is 4.20. The Kier molecular flexibility index (Phi) is 4.34. The fraction of sp³-hybridized carbons (Fsp3) is 0. The lowest BCUT2D eigenvalue weighted by molar-refractivity contribution is 1.09. The topological polar surface area (TPSA) is 29.3 Å². The van der Waals surface area contributed by atoms with Gasteiger partial charge in [-0.2, -0.15) is 0 Å². The molecule has 0 spiro atoms. The first-order chi connectivity index (χ1) is 12.3. The van der Waals surface area contributed by atoms with Gasteiger partial charge in [0, 0.05) is 16.0 Å². The highest BCUT2D eigenvalue weighted by Crippen LogP contribution is 2.38. The zero-order valence-corrected chi connectivity index (χ0v) is 14.5. The Hall–Kier alpha value is -2.88. The van der Waals surface area contributed by atoms with Gasteiger partial charge in [0.2, 0.25) is 0 Å². The van der Waals surface area contributed by atoms with Crippen LogP contribution in [0.3, 0.4) is 0 Å². The summed E-state index contributed by atoms with van der Waals surface area (Å²) >= 11 is 1.72. The first kappa shape index (κ1) is 15.6. The number of rotatable bonds is 4. The predicted molar refractivity (Wildman–Crippen MR) is 108 cm³/mol. The lowest BCUT2D eigenvalue weighted by Crippen LogP contribution is -2.26. The second-order valence-electron chi connectivity index (χ2n) is 5.75. The van der Waals surface area contributed by atoms with E-state index in [0.717, 1.165) is 28.1 Å². The van der Waals surface area contributed by atoms with Crippen molar-refractivity contribution in [3.05, 3.63) is 96.4 Å². The van der Waals surface area contributed by atoms with E-state index >= 15 is 0 Å². The Bertz CT molecular complexity index is 962. The third kappa shape index (κ3) is 3.07. The summed E-state index contributed by atoms with van der Waals surface area (Å²) in [5, 5.41) is 3.88. The van der Waals surface area contributed by atoms with Crippen molar-refractivity contribution >= 4 is 22.7 Å². The molecule has 0 aliphatic rings. The van der Waals surface area contributed by atoms with Crippen molar-refractivity contribution in [3.8, 4) is 21.6 Å². The molecule has 0 aliphatic carbocycles. The second kappa shape index (κ2) is 6.93. The van der Waals surface area contributed by atoms with Crippen LogP contribution < -0.4 is 10.9 Å². The number of anilines is 2. The molecule has 0 fully saturated rings. The fourth-order valence-corrected chi connectivity index (χ4v) is 3.76. The maximum Gasteiger partial charge on any atom is 0.0662 e. The van der Waals surface area contributed by atoms with Gasteiger partial charge < -0.3 is 0 Å². The van der Waals surface area contributed by atoms with Gasteiger partial charge in [-0.05, 0) is 29.1 Å². The molecule has 1 aromatic heterocycles. The van der Waals surface area contributed by atoms with Crippen LogP contribution in [0.15, 0.2) is 96.4 Å². The quantitative estimate of drug-likeness (QED) is 0.359. The van der Waals surface area contributed by atoms with Crippen LogP contribution in [-0.4, -0.2) is 0 Å². The van der Waals surface area contributed by atoms with Gasteiger partial charge in [0.1, 0.15) is 0 Å². The van der Waals surface area contributed by atoms with Crippen molar-refractivity contribution in [2.45, 2.75) is 0 Å². The summed E-state index contributed by atoms with van der Waals surface area (Å²) in [7, 11) is 0. The molecule has 0 radical (unpaired) electrons. The Morgan fingerprint density at radius 1 is 0.600 bits per heavy atom. The molecule has 0 bridgehead atoms. The smallest absolute Gasteiger partial charge is 0.0662 e. The Morgan fingerprint density at radius 2 is 1.20 bits per heavy atom. The monoisotopic (exact) mass is 342 g/mol. The number of nitrogens with two attached hydrogens (primary N) is 1. The van der Waals surface area contributed by atoms with Crippen LogP contribution in [0.2, 0.25) is 0 Å². The molecular weight excluding hydrogens is 324 g/mol. The minimum absolute atomic E-state index is 0.984. The van der Waals surface area contributed by atoms with Crippen molar-refractivity contribution in [2.24, 2.45) is 5.84 Å². The molecule has 2 nitrogen and oxygen atoms in total. The standard InChI is InChI=1S/C22H18N2S/c23-24(21-14-7-5-12-19(21)22-15-8-16-25-22)20-13-6-4-11-18(20)17-9-2-1-3-10-17/h1-16H,23H2. The predicted octanol–water partition coefficient (Wildman–Crippen LogP) is 6.09. The molecule has 2 N–H and O–H groups in total. The minimum Gasteiger partial charge on any atom is -0.278 e. The highest BCUT2D eigenvalue weighted by molar-refractivity contribution is 7.13. The van der Waals surface area contributed by atoms with Gasteiger partial charge in [0.05, 0.1) is 11.4 Å². The molecular formula is C22H18N2S. The largest absolute Gasteiger partial charge is 0.278 e. The van der Waals surface area contributed by atoms with Gasteiger partial charge >= 0.3 is 0 Å². The van der Waals surface area contributed by atoms with Crippen molar-refractivity contribution in [2.75, 3.05) is 5.01 Å². The normalized spacial score (nSPS) is 10.6. The zero-order valence-electron chi connectivity index (χ0n) is 13.7. The fourth-order valence-electron chi connectivity index (χ4n) is 3.00. The zero-order chi connectivity index (χ0) is 17.1. The number of thiophene rings is 1. The van der Waals surface area contributed by atoms with Crippen LogP contribution in [0.25, 0.3) is 21.6 Å². The summed E-state index contributed by atoms with van der Waals surface area (Å²) in [5.41, 5.74) is 5.39. The highest BCUT2D eigenvalue weighted by Gasteiger charge is 2.15. The van der Waals surface area contributed by atoms with E-state index in [9.17, 15) is 0 Å². The molecule has 0 saturated carbocycles. The van der Waals surface area contributed by atoms with Crippen molar-refractivity contribution in [1.29, 1.82) is 0 Å². The Balaban J connectivity index is 1.83. The molecule has 3 heteroatoms. The van der Waals surface area contributed by atoms with E-state index < -0.39 is 0 Å². The second-order valence-corrected chi connectivity index (χ2v) is 6.70. The molecule has 0 atom stereocenters. The van der Waals surface area contributed by atoms with E-state index in [-0.39, 0.29) is 0 Å². The summed E-state index contributed by atoms with van der Waals surface area (Å²) in [6.07, 6.45) is 0. The van der Waals surface area contributed by atoms with Crippen LogP contribution in [0.1, 0.15) is 0 Å². The van der Waals surface area contributed by atoms with Gasteiger partial charge in [0.15, 0.2) is 0 Å². The average Bonchev–Trinajstić information content (AvgIpc) is 3.23. The maximum absolute atomic E-state index is 6.60. The first-order valence-electron chi connectivity index (χ1n) is 8.17. The average molecular weight is 342 g/mol. The van der Waals surface area contributed by atoms with Gasteiger partial charge in [-0.1, -0.05) is 72.8 Å². The van der Waals surface area contributed by atoms with Gasteiger partial charge in [0.25, 0.3) is 0 Å². The number of hydrazine groups is 1. The summed E-state index contributed by atoms with van der Waals surface area (Å²) in [4.78, 5) is 1.21. The van der Waals surface area contributed by atoms with Crippen LogP contribution in [0.5, 0.6) is 0 Å². The molecule has 122 valence electrons. The summed E-state index contributed by atoms with van der Waals surface area (Å²) < 4.78 is 0. The molecule has 4 rings (SSSR count). The number of nitrogens with zero attached hydrogens (tertiary/aromatic N) is 1. The molecule has 25 heavy (non-hydrogen) atoms. The van der Waals surface area contributed by atoms with Crippen LogP contribution in [-0.2, 0) is 0 Å². The van der Waals surface area contributed by atoms with Crippen LogP contribution in [0.4, 0.5) is 11.4 Å². The maximum atomic E-state index is 6.60. The van der Waals surface area contributed by atoms with Crippen molar-refractivity contribution in [3.63, 3.8) is 0 Å². The van der Waals surface area contributed by atoms with E-state index in [1.54, 1.807) is 16.3 Å². The van der Waals surface area contributed by atoms with Crippen LogP contribution in [0, 0.1) is 0 Å². The van der Waals surface area contributed by atoms with E-state index in [4.69, 9.17) is 5.84 Å². The number of para-hydroxylation sites is 2. The highest BCUT2D eigenvalue weighted by atomic mass is 32.1. The van der Waals surface area contributed by atoms with Crippen molar-refractivity contribution in [1.82, 2.24) is 0 Å². The molecule has 1 heterocycles. The number of hydrogen-bond donors (Lipinski definition) is 1. The summed E-state index contributed by atoms with van der Waals surface area (Å²) in [6.45, 7) is 0. The first-order valence-corrected chi connectivity index (χ1v) is 9.05. The van der Waals surface area contributed by atoms with Gasteiger partial charge in [-0.15, -0.1) is 11.3 Å². The SMILES string of the molecule is NN(c1ccccc1-c1ccccc1)c1ccccc1-c1cccs1. The Labute approximate surface area is 151 Å². The van der Waals surface area contributed by atoms with E-state index in [0.29, 0.717) is 0 Å². The number of hydrogen-bond acceptors (Lipinski definition) is 3. The molecule has 0 saturated heterocycles. The van der Waals surface area contributed by atoms with Gasteiger partial charge in [-0.3, -0.25) is 5.01 Å². The van der Waals surface area contributed by atoms with E-state index in [1.807, 2.05) is 36.4 Å². The molecule has 0 unspecified atom stereocenters. The van der Waals surface area contributed by atoms with Crippen molar-refractivity contribution < 1.29 is 0 Å². The summed E-state index contributed by atoms with van der Waals surface area (Å²) in [6, 6.07) is 31.0. The lowest BCUT2D eigenvalue weighted by atomic mass is 10.0. The summed E-state index contributed by atoms with van der Waals surface area (Å²) in [5.74, 6) is 6.60.